The number of amides is 1. The Hall–Kier alpha value is -1.59. The number of halogens is 1. The van der Waals surface area contributed by atoms with Gasteiger partial charge in [0.2, 0.25) is 0 Å². The molecule has 102 valence electrons. The zero-order chi connectivity index (χ0) is 14.0. The fraction of sp³-hybridized carbons (Fsp3) is 0.385. The van der Waals surface area contributed by atoms with E-state index in [9.17, 15) is 9.59 Å². The number of rotatable bonds is 4. The summed E-state index contributed by atoms with van der Waals surface area (Å²) in [6, 6.07) is 6.83. The van der Waals surface area contributed by atoms with Crippen LogP contribution in [0.4, 0.5) is 0 Å². The number of carboxylic acids is 1. The number of aliphatic carboxylic acids is 1. The van der Waals surface area contributed by atoms with Gasteiger partial charge in [-0.25, -0.2) is 4.79 Å². The number of hydrogen-bond donors (Lipinski definition) is 1. The number of nitrogens with zero attached hydrogens (tertiary/aromatic N) is 1. The molecule has 0 unspecified atom stereocenters. The summed E-state index contributed by atoms with van der Waals surface area (Å²) in [5.74, 6) is -1.18. The Kier molecular flexibility index (Phi) is 3.78. The van der Waals surface area contributed by atoms with E-state index >= 15 is 0 Å². The fourth-order valence-corrected chi connectivity index (χ4v) is 2.25. The van der Waals surface area contributed by atoms with Gasteiger partial charge in [0.25, 0.3) is 5.91 Å². The van der Waals surface area contributed by atoms with Gasteiger partial charge in [-0.15, -0.1) is 0 Å². The molecular formula is C13H14ClNO4. The first-order valence-electron chi connectivity index (χ1n) is 5.81. The van der Waals surface area contributed by atoms with Gasteiger partial charge < -0.3 is 14.7 Å². The van der Waals surface area contributed by atoms with Gasteiger partial charge in [-0.3, -0.25) is 4.79 Å². The van der Waals surface area contributed by atoms with E-state index in [1.165, 1.54) is 0 Å². The minimum atomic E-state index is -1.02. The molecule has 19 heavy (non-hydrogen) atoms. The minimum Gasteiger partial charge on any atom is -0.480 e. The van der Waals surface area contributed by atoms with Crippen molar-refractivity contribution in [2.45, 2.75) is 12.5 Å². The molecule has 0 saturated carbocycles. The summed E-state index contributed by atoms with van der Waals surface area (Å²) in [4.78, 5) is 24.2. The molecule has 1 fully saturated rings. The molecule has 5 nitrogen and oxygen atoms in total. The summed E-state index contributed by atoms with van der Waals surface area (Å²) < 4.78 is 5.25. The van der Waals surface area contributed by atoms with Crippen molar-refractivity contribution in [1.29, 1.82) is 0 Å². The van der Waals surface area contributed by atoms with Crippen LogP contribution in [0.2, 0.25) is 5.02 Å². The molecule has 1 aromatic rings. The standard InChI is InChI=1S/C13H14ClNO4/c1-13(19-6-11(16)17)7-15(8-13)12(18)9-4-2-3-5-10(9)14/h2-5H,6-8H2,1H3,(H,16,17). The van der Waals surface area contributed by atoms with Gasteiger partial charge in [0, 0.05) is 0 Å². The quantitative estimate of drug-likeness (QED) is 0.912. The van der Waals surface area contributed by atoms with Crippen molar-refractivity contribution >= 4 is 23.5 Å². The van der Waals surface area contributed by atoms with Crippen LogP contribution in [0, 0.1) is 0 Å². The van der Waals surface area contributed by atoms with Gasteiger partial charge in [-0.05, 0) is 19.1 Å². The van der Waals surface area contributed by atoms with Crippen LogP contribution in [0.15, 0.2) is 24.3 Å². The normalized spacial score (nSPS) is 16.8. The summed E-state index contributed by atoms with van der Waals surface area (Å²) in [5, 5.41) is 8.97. The number of carbonyl (C=O) groups is 2. The number of ether oxygens (including phenoxy) is 1. The van der Waals surface area contributed by atoms with Gasteiger partial charge in [-0.2, -0.15) is 0 Å². The van der Waals surface area contributed by atoms with Crippen molar-refractivity contribution in [3.05, 3.63) is 34.9 Å². The molecule has 6 heteroatoms. The highest BCUT2D eigenvalue weighted by Gasteiger charge is 2.43. The first-order chi connectivity index (χ1) is 8.91. The van der Waals surface area contributed by atoms with Crippen LogP contribution in [0.25, 0.3) is 0 Å². The Balaban J connectivity index is 1.95. The minimum absolute atomic E-state index is 0.165. The highest BCUT2D eigenvalue weighted by atomic mass is 35.5. The van der Waals surface area contributed by atoms with E-state index in [1.54, 1.807) is 36.1 Å². The fourth-order valence-electron chi connectivity index (χ4n) is 2.04. The molecule has 2 rings (SSSR count). The maximum Gasteiger partial charge on any atom is 0.329 e. The van der Waals surface area contributed by atoms with Crippen LogP contribution in [0.5, 0.6) is 0 Å². The highest BCUT2D eigenvalue weighted by molar-refractivity contribution is 6.33. The molecule has 1 aliphatic heterocycles. The van der Waals surface area contributed by atoms with E-state index in [1.807, 2.05) is 0 Å². The lowest BCUT2D eigenvalue weighted by molar-refractivity contribution is -0.159. The van der Waals surface area contributed by atoms with Crippen LogP contribution in [-0.4, -0.2) is 47.2 Å². The van der Waals surface area contributed by atoms with E-state index in [2.05, 4.69) is 0 Å². The lowest BCUT2D eigenvalue weighted by Gasteiger charge is -2.47. The summed E-state index contributed by atoms with van der Waals surface area (Å²) in [6.07, 6.45) is 0. The molecule has 1 N–H and O–H groups in total. The van der Waals surface area contributed by atoms with Crippen LogP contribution in [0.3, 0.4) is 0 Å². The van der Waals surface area contributed by atoms with Gasteiger partial charge >= 0.3 is 5.97 Å². The molecule has 0 aromatic heterocycles. The van der Waals surface area contributed by atoms with Gasteiger partial charge in [0.1, 0.15) is 12.2 Å². The monoisotopic (exact) mass is 283 g/mol. The largest absolute Gasteiger partial charge is 0.480 e. The van der Waals surface area contributed by atoms with E-state index in [0.29, 0.717) is 23.7 Å². The van der Waals surface area contributed by atoms with Gasteiger partial charge in [0.05, 0.1) is 23.7 Å². The predicted octanol–water partition coefficient (Wildman–Crippen LogP) is 1.66. The lowest BCUT2D eigenvalue weighted by Crippen LogP contribution is -2.63. The molecular weight excluding hydrogens is 270 g/mol. The topological polar surface area (TPSA) is 66.8 Å². The number of carboxylic acid groups (broad SMARTS) is 1. The van der Waals surface area contributed by atoms with Crippen LogP contribution >= 0.6 is 11.6 Å². The molecule has 0 atom stereocenters. The van der Waals surface area contributed by atoms with E-state index < -0.39 is 11.6 Å². The molecule has 0 spiro atoms. The van der Waals surface area contributed by atoms with Crippen molar-refractivity contribution in [1.82, 2.24) is 4.90 Å². The second-order valence-corrected chi connectivity index (χ2v) is 5.18. The molecule has 0 aliphatic carbocycles. The third-order valence-corrected chi connectivity index (χ3v) is 3.32. The predicted molar refractivity (Wildman–Crippen MR) is 69.3 cm³/mol. The number of likely N-dealkylation sites (tertiary alicyclic amines) is 1. The number of carbonyl (C=O) groups excluding carboxylic acids is 1. The third kappa shape index (κ3) is 3.05. The summed E-state index contributed by atoms with van der Waals surface area (Å²) >= 11 is 5.96. The number of hydrogen-bond acceptors (Lipinski definition) is 3. The Morgan fingerprint density at radius 1 is 1.42 bits per heavy atom. The molecule has 1 saturated heterocycles. The van der Waals surface area contributed by atoms with E-state index in [4.69, 9.17) is 21.4 Å². The van der Waals surface area contributed by atoms with Crippen molar-refractivity contribution in [3.63, 3.8) is 0 Å². The van der Waals surface area contributed by atoms with Crippen LogP contribution in [-0.2, 0) is 9.53 Å². The molecule has 1 heterocycles. The Labute approximate surface area is 115 Å². The Morgan fingerprint density at radius 3 is 2.63 bits per heavy atom. The summed E-state index contributed by atoms with van der Waals surface area (Å²) in [7, 11) is 0. The van der Waals surface area contributed by atoms with Gasteiger partial charge in [-0.1, -0.05) is 23.7 Å². The smallest absolute Gasteiger partial charge is 0.329 e. The Bertz CT molecular complexity index is 511. The average Bonchev–Trinajstić information content (AvgIpc) is 2.33. The summed E-state index contributed by atoms with van der Waals surface area (Å²) in [6.45, 7) is 2.16. The first kappa shape index (κ1) is 13.8. The first-order valence-corrected chi connectivity index (χ1v) is 6.19. The zero-order valence-electron chi connectivity index (χ0n) is 10.4. The van der Waals surface area contributed by atoms with Crippen LogP contribution < -0.4 is 0 Å². The third-order valence-electron chi connectivity index (χ3n) is 2.99. The second-order valence-electron chi connectivity index (χ2n) is 4.77. The maximum absolute atomic E-state index is 12.1. The lowest BCUT2D eigenvalue weighted by atomic mass is 9.95. The van der Waals surface area contributed by atoms with Crippen molar-refractivity contribution in [3.8, 4) is 0 Å². The second kappa shape index (κ2) is 5.19. The molecule has 1 amide bonds. The molecule has 0 radical (unpaired) electrons. The molecule has 0 bridgehead atoms. The SMILES string of the molecule is CC1(OCC(=O)O)CN(C(=O)c2ccccc2Cl)C1. The molecule has 1 aliphatic rings. The van der Waals surface area contributed by atoms with Crippen molar-refractivity contribution in [2.24, 2.45) is 0 Å². The van der Waals surface area contributed by atoms with Crippen LogP contribution in [0.1, 0.15) is 17.3 Å². The zero-order valence-corrected chi connectivity index (χ0v) is 11.2. The van der Waals surface area contributed by atoms with E-state index in [-0.39, 0.29) is 12.5 Å². The average molecular weight is 284 g/mol. The van der Waals surface area contributed by atoms with Crippen molar-refractivity contribution in [2.75, 3.05) is 19.7 Å². The summed E-state index contributed by atoms with van der Waals surface area (Å²) in [5.41, 5.74) is -0.139. The molecule has 1 aromatic carbocycles. The van der Waals surface area contributed by atoms with Crippen molar-refractivity contribution < 1.29 is 19.4 Å². The number of benzene rings is 1. The maximum atomic E-state index is 12.1. The Morgan fingerprint density at radius 2 is 2.05 bits per heavy atom. The van der Waals surface area contributed by atoms with E-state index in [0.717, 1.165) is 0 Å². The van der Waals surface area contributed by atoms with Gasteiger partial charge in [0.15, 0.2) is 0 Å². The highest BCUT2D eigenvalue weighted by Crippen LogP contribution is 2.28.